The highest BCUT2D eigenvalue weighted by Crippen LogP contribution is 2.28. The lowest BCUT2D eigenvalue weighted by Gasteiger charge is -2.36. The fourth-order valence-corrected chi connectivity index (χ4v) is 3.15. The molecular weight excluding hydrogens is 340 g/mol. The molecule has 0 bridgehead atoms. The van der Waals surface area contributed by atoms with Crippen LogP contribution in [0.3, 0.4) is 0 Å². The van der Waals surface area contributed by atoms with E-state index < -0.39 is 5.97 Å². The van der Waals surface area contributed by atoms with Crippen molar-refractivity contribution in [3.63, 3.8) is 0 Å². The van der Waals surface area contributed by atoms with Gasteiger partial charge in [0.25, 0.3) is 5.91 Å². The molecule has 25 heavy (non-hydrogen) atoms. The van der Waals surface area contributed by atoms with Crippen LogP contribution in [0.4, 0.5) is 5.69 Å². The van der Waals surface area contributed by atoms with E-state index in [1.807, 2.05) is 35.2 Å². The van der Waals surface area contributed by atoms with E-state index in [-0.39, 0.29) is 5.91 Å². The van der Waals surface area contributed by atoms with Crippen molar-refractivity contribution in [2.24, 2.45) is 0 Å². The predicted octanol–water partition coefficient (Wildman–Crippen LogP) is 3.09. The van der Waals surface area contributed by atoms with Crippen LogP contribution < -0.4 is 4.90 Å². The van der Waals surface area contributed by atoms with Crippen LogP contribution in [0.15, 0.2) is 48.5 Å². The van der Waals surface area contributed by atoms with Crippen molar-refractivity contribution in [3.05, 3.63) is 64.7 Å². The second kappa shape index (κ2) is 7.57. The first-order valence-corrected chi connectivity index (χ1v) is 8.45. The summed E-state index contributed by atoms with van der Waals surface area (Å²) in [5, 5.41) is 0.579. The van der Waals surface area contributed by atoms with E-state index >= 15 is 0 Å². The number of benzene rings is 2. The molecule has 5 nitrogen and oxygen atoms in total. The van der Waals surface area contributed by atoms with Gasteiger partial charge in [-0.05, 0) is 30.3 Å². The lowest BCUT2D eigenvalue weighted by Crippen LogP contribution is -2.48. The monoisotopic (exact) mass is 358 g/mol. The van der Waals surface area contributed by atoms with Crippen LogP contribution in [0.25, 0.3) is 0 Å². The van der Waals surface area contributed by atoms with Gasteiger partial charge in [0.2, 0.25) is 0 Å². The van der Waals surface area contributed by atoms with Crippen LogP contribution in [0.2, 0.25) is 5.02 Å². The number of hydrogen-bond acceptors (Lipinski definition) is 4. The summed E-state index contributed by atoms with van der Waals surface area (Å²) in [7, 11) is 1.35. The summed E-state index contributed by atoms with van der Waals surface area (Å²) in [5.74, 6) is -0.356. The van der Waals surface area contributed by atoms with Crippen LogP contribution in [0, 0.1) is 0 Å². The van der Waals surface area contributed by atoms with Crippen molar-refractivity contribution in [2.75, 3.05) is 38.2 Å². The number of methoxy groups -OCH3 is 1. The molecule has 2 aromatic rings. The molecule has 0 aromatic heterocycles. The van der Waals surface area contributed by atoms with Gasteiger partial charge < -0.3 is 14.5 Å². The van der Waals surface area contributed by atoms with Crippen molar-refractivity contribution in [1.82, 2.24) is 4.90 Å². The van der Waals surface area contributed by atoms with Gasteiger partial charge in [0.1, 0.15) is 0 Å². The predicted molar refractivity (Wildman–Crippen MR) is 97.4 cm³/mol. The maximum absolute atomic E-state index is 12.5. The second-order valence-corrected chi connectivity index (χ2v) is 6.21. The lowest BCUT2D eigenvalue weighted by molar-refractivity contribution is 0.0600. The van der Waals surface area contributed by atoms with E-state index in [0.717, 1.165) is 5.69 Å². The molecule has 1 aliphatic rings. The van der Waals surface area contributed by atoms with Gasteiger partial charge in [0.15, 0.2) is 0 Å². The molecule has 130 valence electrons. The first kappa shape index (κ1) is 17.3. The summed E-state index contributed by atoms with van der Waals surface area (Å²) in [6.45, 7) is 2.52. The molecule has 0 saturated carbocycles. The number of amides is 1. The van der Waals surface area contributed by atoms with Gasteiger partial charge in [0.05, 0.1) is 23.4 Å². The Hall–Kier alpha value is -2.53. The molecule has 1 saturated heterocycles. The van der Waals surface area contributed by atoms with Crippen LogP contribution in [-0.2, 0) is 4.74 Å². The van der Waals surface area contributed by atoms with Crippen molar-refractivity contribution in [2.45, 2.75) is 0 Å². The second-order valence-electron chi connectivity index (χ2n) is 5.80. The lowest BCUT2D eigenvalue weighted by atomic mass is 10.1. The normalized spacial score (nSPS) is 14.3. The molecule has 0 aliphatic carbocycles. The standard InChI is InChI=1S/C19H19ClN2O3/c1-25-19(24)15-7-8-16(20)17(13-15)21-9-11-22(12-10-21)18(23)14-5-3-2-4-6-14/h2-8,13H,9-12H2,1H3. The largest absolute Gasteiger partial charge is 0.465 e. The third-order valence-electron chi connectivity index (χ3n) is 4.30. The minimum absolute atomic E-state index is 0.0367. The van der Waals surface area contributed by atoms with E-state index in [0.29, 0.717) is 42.3 Å². The number of hydrogen-bond donors (Lipinski definition) is 0. The van der Waals surface area contributed by atoms with Gasteiger partial charge >= 0.3 is 5.97 Å². The van der Waals surface area contributed by atoms with E-state index in [9.17, 15) is 9.59 Å². The molecule has 2 aromatic carbocycles. The number of esters is 1. The fourth-order valence-electron chi connectivity index (χ4n) is 2.91. The van der Waals surface area contributed by atoms with Crippen LogP contribution in [0.5, 0.6) is 0 Å². The average Bonchev–Trinajstić information content (AvgIpc) is 2.68. The van der Waals surface area contributed by atoms with Gasteiger partial charge in [0, 0.05) is 31.7 Å². The minimum atomic E-state index is -0.393. The minimum Gasteiger partial charge on any atom is -0.465 e. The Morgan fingerprint density at radius 3 is 2.28 bits per heavy atom. The molecule has 6 heteroatoms. The van der Waals surface area contributed by atoms with E-state index in [2.05, 4.69) is 4.90 Å². The van der Waals surface area contributed by atoms with Gasteiger partial charge in [-0.25, -0.2) is 4.79 Å². The van der Waals surface area contributed by atoms with Gasteiger partial charge in [-0.1, -0.05) is 29.8 Å². The van der Waals surface area contributed by atoms with Crippen LogP contribution in [-0.4, -0.2) is 50.1 Å². The van der Waals surface area contributed by atoms with Gasteiger partial charge in [-0.3, -0.25) is 4.79 Å². The first-order chi connectivity index (χ1) is 12.1. The highest BCUT2D eigenvalue weighted by molar-refractivity contribution is 6.33. The first-order valence-electron chi connectivity index (χ1n) is 8.07. The van der Waals surface area contributed by atoms with Crippen LogP contribution in [0.1, 0.15) is 20.7 Å². The molecule has 0 spiro atoms. The smallest absolute Gasteiger partial charge is 0.337 e. The molecule has 0 radical (unpaired) electrons. The molecule has 1 aliphatic heterocycles. The summed E-state index contributed by atoms with van der Waals surface area (Å²) >= 11 is 6.30. The third-order valence-corrected chi connectivity index (χ3v) is 4.62. The summed E-state index contributed by atoms with van der Waals surface area (Å²) < 4.78 is 4.76. The molecule has 3 rings (SSSR count). The topological polar surface area (TPSA) is 49.9 Å². The Kier molecular flexibility index (Phi) is 5.24. The summed E-state index contributed by atoms with van der Waals surface area (Å²) in [6.07, 6.45) is 0. The zero-order valence-corrected chi connectivity index (χ0v) is 14.7. The quantitative estimate of drug-likeness (QED) is 0.791. The molecule has 1 heterocycles. The van der Waals surface area contributed by atoms with Crippen molar-refractivity contribution in [1.29, 1.82) is 0 Å². The number of nitrogens with zero attached hydrogens (tertiary/aromatic N) is 2. The summed E-state index contributed by atoms with van der Waals surface area (Å²) in [5.41, 5.74) is 1.95. The fraction of sp³-hybridized carbons (Fsp3) is 0.263. The van der Waals surface area contributed by atoms with E-state index in [1.165, 1.54) is 7.11 Å². The number of piperazine rings is 1. The Morgan fingerprint density at radius 2 is 1.64 bits per heavy atom. The SMILES string of the molecule is COC(=O)c1ccc(Cl)c(N2CCN(C(=O)c3ccccc3)CC2)c1. The maximum atomic E-state index is 12.5. The Labute approximate surface area is 151 Å². The Bertz CT molecular complexity index is 771. The highest BCUT2D eigenvalue weighted by Gasteiger charge is 2.24. The summed E-state index contributed by atoms with van der Waals surface area (Å²) in [6, 6.07) is 14.4. The van der Waals surface area contributed by atoms with E-state index in [1.54, 1.807) is 18.2 Å². The zero-order chi connectivity index (χ0) is 17.8. The highest BCUT2D eigenvalue weighted by atomic mass is 35.5. The van der Waals surface area contributed by atoms with Crippen molar-refractivity contribution in [3.8, 4) is 0 Å². The number of rotatable bonds is 3. The average molecular weight is 359 g/mol. The molecule has 1 fully saturated rings. The van der Waals surface area contributed by atoms with Gasteiger partial charge in [-0.2, -0.15) is 0 Å². The number of carbonyl (C=O) groups is 2. The molecule has 1 amide bonds. The van der Waals surface area contributed by atoms with Crippen LogP contribution >= 0.6 is 11.6 Å². The maximum Gasteiger partial charge on any atom is 0.337 e. The molecular formula is C19H19ClN2O3. The number of halogens is 1. The zero-order valence-electron chi connectivity index (χ0n) is 13.9. The van der Waals surface area contributed by atoms with Crippen molar-refractivity contribution >= 4 is 29.2 Å². The number of carbonyl (C=O) groups excluding carboxylic acids is 2. The van der Waals surface area contributed by atoms with Crippen molar-refractivity contribution < 1.29 is 14.3 Å². The number of anilines is 1. The van der Waals surface area contributed by atoms with E-state index in [4.69, 9.17) is 16.3 Å². The summed E-state index contributed by atoms with van der Waals surface area (Å²) in [4.78, 5) is 28.2. The Balaban J connectivity index is 1.70. The molecule has 0 N–H and O–H groups in total. The van der Waals surface area contributed by atoms with Gasteiger partial charge in [-0.15, -0.1) is 0 Å². The number of ether oxygens (including phenoxy) is 1. The molecule has 0 atom stereocenters. The molecule has 0 unspecified atom stereocenters. The third kappa shape index (κ3) is 3.77. The Morgan fingerprint density at radius 1 is 0.960 bits per heavy atom.